The largest absolute Gasteiger partial charge is 0.295 e. The zero-order chi connectivity index (χ0) is 42.3. The zero-order valence-electron chi connectivity index (χ0n) is 37.0. The molecule has 304 valence electrons. The van der Waals surface area contributed by atoms with Crippen LogP contribution in [-0.4, -0.2) is 5.84 Å². The van der Waals surface area contributed by atoms with Crippen LogP contribution in [0.4, 0.5) is 11.4 Å². The molecule has 0 fully saturated rings. The third kappa shape index (κ3) is 5.07. The van der Waals surface area contributed by atoms with Crippen LogP contribution in [0.25, 0.3) is 33.0 Å². The van der Waals surface area contributed by atoms with Gasteiger partial charge in [0, 0.05) is 33.5 Å². The number of benzene rings is 6. The maximum absolute atomic E-state index is 5.57. The summed E-state index contributed by atoms with van der Waals surface area (Å²) in [6.07, 6.45) is 21.9. The first-order valence-electron chi connectivity index (χ1n) is 22.7. The molecule has 4 unspecified atom stereocenters. The molecular weight excluding hydrogens is 749 g/mol. The lowest BCUT2D eigenvalue weighted by Crippen LogP contribution is -2.34. The van der Waals surface area contributed by atoms with Gasteiger partial charge in [-0.05, 0) is 120 Å². The normalized spacial score (nSPS) is 24.5. The summed E-state index contributed by atoms with van der Waals surface area (Å²) in [4.78, 5) is 7.99. The molecule has 12 rings (SSSR count). The minimum atomic E-state index is -0.109. The van der Waals surface area contributed by atoms with Gasteiger partial charge in [0.25, 0.3) is 0 Å². The van der Waals surface area contributed by atoms with Crippen LogP contribution < -0.4 is 4.90 Å². The molecule has 0 saturated carbocycles. The number of fused-ring (bicyclic) bond motifs is 10. The van der Waals surface area contributed by atoms with Gasteiger partial charge in [0.05, 0.1) is 6.04 Å². The van der Waals surface area contributed by atoms with Crippen molar-refractivity contribution < 1.29 is 0 Å². The first-order chi connectivity index (χ1) is 29.9. The maximum atomic E-state index is 5.57. The summed E-state index contributed by atoms with van der Waals surface area (Å²) in [7, 11) is 0. The molecule has 2 nitrogen and oxygen atoms in total. The van der Waals surface area contributed by atoms with Gasteiger partial charge >= 0.3 is 0 Å². The first kappa shape index (κ1) is 37.5. The van der Waals surface area contributed by atoms with Gasteiger partial charge in [0.2, 0.25) is 0 Å². The van der Waals surface area contributed by atoms with Crippen molar-refractivity contribution in [3.8, 4) is 22.3 Å². The van der Waals surface area contributed by atoms with Crippen LogP contribution in [0.15, 0.2) is 181 Å². The molecule has 2 heteroatoms. The summed E-state index contributed by atoms with van der Waals surface area (Å²) >= 11 is 0. The van der Waals surface area contributed by atoms with Gasteiger partial charge in [-0.1, -0.05) is 194 Å². The Bertz CT molecular complexity index is 3100. The molecule has 0 spiro atoms. The molecule has 5 aliphatic carbocycles. The van der Waals surface area contributed by atoms with E-state index >= 15 is 0 Å². The van der Waals surface area contributed by atoms with Crippen molar-refractivity contribution in [3.63, 3.8) is 0 Å². The van der Waals surface area contributed by atoms with Gasteiger partial charge in [-0.3, -0.25) is 9.89 Å². The SMILES string of the molecule is CC1(C)C2=CC=CCC2c2ccc(N(C3=NC(c4ccc(-c5c6c(cc7ccccc57)C(C)(C)C5C=CC=CC65C)cc4)C=C3)c3ccc4c(c3)C(C)(C)c3ccccc3-4)cc21. The van der Waals surface area contributed by atoms with Crippen molar-refractivity contribution in [3.05, 3.63) is 214 Å². The second-order valence-corrected chi connectivity index (χ2v) is 20.5. The topological polar surface area (TPSA) is 15.6 Å². The van der Waals surface area contributed by atoms with Crippen molar-refractivity contribution >= 4 is 28.0 Å². The van der Waals surface area contributed by atoms with Crippen molar-refractivity contribution in [2.24, 2.45) is 10.9 Å². The average molecular weight is 803 g/mol. The average Bonchev–Trinajstić information content (AvgIpc) is 3.97. The van der Waals surface area contributed by atoms with Crippen LogP contribution in [0, 0.1) is 5.92 Å². The third-order valence-electron chi connectivity index (χ3n) is 16.1. The lowest BCUT2D eigenvalue weighted by Gasteiger charge is -2.36. The van der Waals surface area contributed by atoms with Crippen molar-refractivity contribution in [2.45, 2.75) is 88.5 Å². The molecule has 6 aromatic rings. The monoisotopic (exact) mass is 802 g/mol. The fraction of sp³-hybridized carbons (Fsp3) is 0.250. The van der Waals surface area contributed by atoms with E-state index in [1.165, 1.54) is 77.5 Å². The number of hydrogen-bond acceptors (Lipinski definition) is 2. The summed E-state index contributed by atoms with van der Waals surface area (Å²) in [5, 5.41) is 2.63. The molecule has 0 radical (unpaired) electrons. The van der Waals surface area contributed by atoms with Crippen LogP contribution in [0.5, 0.6) is 0 Å². The van der Waals surface area contributed by atoms with Crippen LogP contribution in [-0.2, 0) is 21.7 Å². The Hall–Kier alpha value is -6.25. The molecule has 6 aromatic carbocycles. The van der Waals surface area contributed by atoms with Crippen LogP contribution in [0.1, 0.15) is 106 Å². The minimum absolute atomic E-state index is 0.00947. The molecule has 1 heterocycles. The lowest BCUT2D eigenvalue weighted by molar-refractivity contribution is 0.324. The smallest absolute Gasteiger partial charge is 0.133 e. The Labute approximate surface area is 367 Å². The number of anilines is 2. The molecule has 0 N–H and O–H groups in total. The van der Waals surface area contributed by atoms with Gasteiger partial charge in [-0.25, -0.2) is 0 Å². The number of hydrogen-bond donors (Lipinski definition) is 0. The van der Waals surface area contributed by atoms with E-state index in [4.69, 9.17) is 4.99 Å². The molecule has 1 aliphatic heterocycles. The Morgan fingerprint density at radius 2 is 1.37 bits per heavy atom. The van der Waals surface area contributed by atoms with Gasteiger partial charge in [-0.2, -0.15) is 0 Å². The summed E-state index contributed by atoms with van der Waals surface area (Å²) in [5.74, 6) is 1.81. The van der Waals surface area contributed by atoms with Crippen LogP contribution in [0.3, 0.4) is 0 Å². The summed E-state index contributed by atoms with van der Waals surface area (Å²) in [6.45, 7) is 16.9. The molecule has 6 aliphatic rings. The third-order valence-corrected chi connectivity index (χ3v) is 16.1. The van der Waals surface area contributed by atoms with Gasteiger partial charge in [0.1, 0.15) is 5.84 Å². The van der Waals surface area contributed by atoms with E-state index in [0.717, 1.165) is 23.6 Å². The second-order valence-electron chi connectivity index (χ2n) is 20.5. The predicted molar refractivity (Wildman–Crippen MR) is 261 cm³/mol. The highest BCUT2D eigenvalue weighted by Gasteiger charge is 2.53. The van der Waals surface area contributed by atoms with E-state index in [0.29, 0.717) is 11.8 Å². The zero-order valence-corrected chi connectivity index (χ0v) is 37.0. The van der Waals surface area contributed by atoms with Gasteiger partial charge < -0.3 is 0 Å². The van der Waals surface area contributed by atoms with Gasteiger partial charge in [-0.15, -0.1) is 0 Å². The molecule has 0 bridgehead atoms. The van der Waals surface area contributed by atoms with E-state index in [-0.39, 0.29) is 27.7 Å². The highest BCUT2D eigenvalue weighted by molar-refractivity contribution is 6.12. The van der Waals surface area contributed by atoms with Crippen molar-refractivity contribution in [1.82, 2.24) is 0 Å². The predicted octanol–water partition coefficient (Wildman–Crippen LogP) is 15.2. The Morgan fingerprint density at radius 3 is 2.21 bits per heavy atom. The highest BCUT2D eigenvalue weighted by Crippen LogP contribution is 2.60. The fourth-order valence-electron chi connectivity index (χ4n) is 12.9. The Kier molecular flexibility index (Phi) is 7.80. The molecule has 4 atom stereocenters. The molecule has 0 saturated heterocycles. The quantitative estimate of drug-likeness (QED) is 0.173. The molecule has 62 heavy (non-hydrogen) atoms. The lowest BCUT2D eigenvalue weighted by atomic mass is 9.67. The number of aliphatic imine (C=N–C) groups is 1. The Balaban J connectivity index is 0.959. The first-order valence-corrected chi connectivity index (χ1v) is 22.7. The van der Waals surface area contributed by atoms with E-state index in [9.17, 15) is 0 Å². The molecule has 0 aromatic heterocycles. The van der Waals surface area contributed by atoms with E-state index in [1.807, 2.05) is 0 Å². The summed E-state index contributed by atoms with van der Waals surface area (Å²) in [6, 6.07) is 43.9. The number of amidine groups is 1. The van der Waals surface area contributed by atoms with E-state index in [1.54, 1.807) is 0 Å². The van der Waals surface area contributed by atoms with Crippen molar-refractivity contribution in [1.29, 1.82) is 0 Å². The number of rotatable bonds is 4. The number of allylic oxidation sites excluding steroid dienone is 8. The maximum Gasteiger partial charge on any atom is 0.133 e. The Morgan fingerprint density at radius 1 is 0.629 bits per heavy atom. The second kappa shape index (κ2) is 12.9. The highest BCUT2D eigenvalue weighted by atomic mass is 15.2. The fourth-order valence-corrected chi connectivity index (χ4v) is 12.9. The van der Waals surface area contributed by atoms with Crippen molar-refractivity contribution in [2.75, 3.05) is 4.90 Å². The summed E-state index contributed by atoms with van der Waals surface area (Å²) in [5.41, 5.74) is 18.7. The van der Waals surface area contributed by atoms with Crippen LogP contribution >= 0.6 is 0 Å². The molecular formula is C60H54N2. The van der Waals surface area contributed by atoms with E-state index in [2.05, 4.69) is 223 Å². The molecule has 0 amide bonds. The minimum Gasteiger partial charge on any atom is -0.295 e. The summed E-state index contributed by atoms with van der Waals surface area (Å²) < 4.78 is 0. The van der Waals surface area contributed by atoms with Gasteiger partial charge in [0.15, 0.2) is 0 Å². The standard InChI is InChI=1S/C60H54N2/c1-57(2)47-20-12-10-18-43(47)45-29-27-40(35-49(45)57)62(41-28-30-46-44-19-11-13-21-48(44)58(3,4)50(46)36-41)54-32-31-52(61-54)37-23-25-38(26-24-37)55-42-17-9-8-16-39(42)34-51-56(55)60(7)33-15-14-22-53(60)59(51,5)6/h8-18,20-36,44,52-53H,19H2,1-7H3. The van der Waals surface area contributed by atoms with E-state index < -0.39 is 0 Å². The van der Waals surface area contributed by atoms with Crippen LogP contribution in [0.2, 0.25) is 0 Å². The number of nitrogens with zero attached hydrogens (tertiary/aromatic N) is 2.